The molecule has 2 saturated carbocycles. The molecule has 0 aromatic heterocycles. The maximum atomic E-state index is 11.8. The van der Waals surface area contributed by atoms with Crippen LogP contribution in [0, 0.1) is 11.8 Å². The molecular weight excluding hydrogens is 174 g/mol. The average molecular weight is 195 g/mol. The van der Waals surface area contributed by atoms with Crippen LogP contribution in [-0.2, 0) is 4.79 Å². The van der Waals surface area contributed by atoms with Crippen molar-refractivity contribution in [1.29, 1.82) is 0 Å². The summed E-state index contributed by atoms with van der Waals surface area (Å²) in [5, 5.41) is 3.23. The Bertz CT molecular complexity index is 208. The van der Waals surface area contributed by atoms with Crippen molar-refractivity contribution in [3.8, 4) is 0 Å². The smallest absolute Gasteiger partial charge is 0.223 e. The molecule has 0 spiro atoms. The van der Waals surface area contributed by atoms with Crippen LogP contribution < -0.4 is 5.32 Å². The molecule has 2 rings (SSSR count). The van der Waals surface area contributed by atoms with E-state index in [1.54, 1.807) is 0 Å². The third-order valence-electron chi connectivity index (χ3n) is 3.92. The van der Waals surface area contributed by atoms with Gasteiger partial charge in [0.05, 0.1) is 0 Å². The van der Waals surface area contributed by atoms with Gasteiger partial charge in [0, 0.05) is 12.0 Å². The first-order chi connectivity index (χ1) is 6.77. The van der Waals surface area contributed by atoms with Gasteiger partial charge in [-0.15, -0.1) is 0 Å². The summed E-state index contributed by atoms with van der Waals surface area (Å²) in [4.78, 5) is 11.8. The molecule has 80 valence electrons. The third kappa shape index (κ3) is 2.10. The molecule has 0 unspecified atom stereocenters. The van der Waals surface area contributed by atoms with Gasteiger partial charge in [0.15, 0.2) is 0 Å². The highest BCUT2D eigenvalue weighted by molar-refractivity contribution is 5.79. The summed E-state index contributed by atoms with van der Waals surface area (Å²) in [6, 6.07) is 0.475. The molecular formula is C12H21NO. The zero-order chi connectivity index (χ0) is 9.97. The summed E-state index contributed by atoms with van der Waals surface area (Å²) in [7, 11) is 0. The van der Waals surface area contributed by atoms with Gasteiger partial charge >= 0.3 is 0 Å². The van der Waals surface area contributed by atoms with Gasteiger partial charge in [0.2, 0.25) is 5.91 Å². The summed E-state index contributed by atoms with van der Waals surface area (Å²) in [6.45, 7) is 2.26. The molecule has 2 atom stereocenters. The fourth-order valence-electron chi connectivity index (χ4n) is 2.85. The van der Waals surface area contributed by atoms with Crippen LogP contribution in [0.5, 0.6) is 0 Å². The van der Waals surface area contributed by atoms with E-state index < -0.39 is 0 Å². The van der Waals surface area contributed by atoms with Crippen molar-refractivity contribution in [3.05, 3.63) is 0 Å². The molecule has 1 N–H and O–H groups in total. The lowest BCUT2D eigenvalue weighted by molar-refractivity contribution is -0.125. The van der Waals surface area contributed by atoms with Crippen LogP contribution in [0.15, 0.2) is 0 Å². The molecule has 2 aliphatic carbocycles. The Balaban J connectivity index is 1.81. The van der Waals surface area contributed by atoms with Gasteiger partial charge in [-0.3, -0.25) is 4.79 Å². The predicted molar refractivity (Wildman–Crippen MR) is 56.9 cm³/mol. The summed E-state index contributed by atoms with van der Waals surface area (Å²) >= 11 is 0. The molecule has 0 radical (unpaired) electrons. The SMILES string of the molecule is C[C@H]1CCC[C@@H]1NC(=O)C1CCCC1. The Morgan fingerprint density at radius 1 is 1.07 bits per heavy atom. The second-order valence-corrected chi connectivity index (χ2v) is 5.00. The topological polar surface area (TPSA) is 29.1 Å². The van der Waals surface area contributed by atoms with E-state index >= 15 is 0 Å². The van der Waals surface area contributed by atoms with Crippen LogP contribution in [-0.4, -0.2) is 11.9 Å². The third-order valence-corrected chi connectivity index (χ3v) is 3.92. The first-order valence-corrected chi connectivity index (χ1v) is 6.08. The monoisotopic (exact) mass is 195 g/mol. The van der Waals surface area contributed by atoms with Crippen LogP contribution in [0.1, 0.15) is 51.9 Å². The van der Waals surface area contributed by atoms with Crippen molar-refractivity contribution in [2.75, 3.05) is 0 Å². The first-order valence-electron chi connectivity index (χ1n) is 6.08. The lowest BCUT2D eigenvalue weighted by atomic mass is 10.0. The molecule has 0 bridgehead atoms. The van der Waals surface area contributed by atoms with E-state index in [4.69, 9.17) is 0 Å². The van der Waals surface area contributed by atoms with Gasteiger partial charge in [-0.1, -0.05) is 26.2 Å². The molecule has 2 nitrogen and oxygen atoms in total. The standard InChI is InChI=1S/C12H21NO/c1-9-5-4-8-11(9)13-12(14)10-6-2-3-7-10/h9-11H,2-8H2,1H3,(H,13,14)/t9-,11-/m0/s1. The number of hydrogen-bond donors (Lipinski definition) is 1. The van der Waals surface area contributed by atoms with Gasteiger partial charge in [0.1, 0.15) is 0 Å². The van der Waals surface area contributed by atoms with Crippen LogP contribution in [0.4, 0.5) is 0 Å². The minimum Gasteiger partial charge on any atom is -0.353 e. The van der Waals surface area contributed by atoms with Crippen molar-refractivity contribution >= 4 is 5.91 Å². The molecule has 2 heteroatoms. The highest BCUT2D eigenvalue weighted by Crippen LogP contribution is 2.28. The zero-order valence-corrected chi connectivity index (χ0v) is 9.09. The molecule has 0 heterocycles. The molecule has 0 aliphatic heterocycles. The Kier molecular flexibility index (Phi) is 3.09. The second-order valence-electron chi connectivity index (χ2n) is 5.00. The number of hydrogen-bond acceptors (Lipinski definition) is 1. The fourth-order valence-corrected chi connectivity index (χ4v) is 2.85. The summed E-state index contributed by atoms with van der Waals surface area (Å²) < 4.78 is 0. The van der Waals surface area contributed by atoms with E-state index in [1.807, 2.05) is 0 Å². The fraction of sp³-hybridized carbons (Fsp3) is 0.917. The highest BCUT2D eigenvalue weighted by Gasteiger charge is 2.28. The molecule has 0 aromatic carbocycles. The minimum absolute atomic E-state index is 0.334. The van der Waals surface area contributed by atoms with E-state index in [9.17, 15) is 4.79 Å². The highest BCUT2D eigenvalue weighted by atomic mass is 16.1. The maximum Gasteiger partial charge on any atom is 0.223 e. The number of amides is 1. The Morgan fingerprint density at radius 2 is 1.79 bits per heavy atom. The zero-order valence-electron chi connectivity index (χ0n) is 9.09. The van der Waals surface area contributed by atoms with Crippen LogP contribution in [0.2, 0.25) is 0 Å². The number of carbonyl (C=O) groups excluding carboxylic acids is 1. The van der Waals surface area contributed by atoms with Crippen molar-refractivity contribution in [2.45, 2.75) is 57.9 Å². The number of rotatable bonds is 2. The molecule has 0 saturated heterocycles. The van der Waals surface area contributed by atoms with E-state index in [-0.39, 0.29) is 0 Å². The van der Waals surface area contributed by atoms with Crippen LogP contribution in [0.25, 0.3) is 0 Å². The Labute approximate surface area is 86.5 Å². The molecule has 14 heavy (non-hydrogen) atoms. The molecule has 1 amide bonds. The van der Waals surface area contributed by atoms with Crippen molar-refractivity contribution in [3.63, 3.8) is 0 Å². The number of nitrogens with one attached hydrogen (secondary N) is 1. The second kappa shape index (κ2) is 4.33. The normalized spacial score (nSPS) is 33.5. The molecule has 2 aliphatic rings. The maximum absolute atomic E-state index is 11.8. The van der Waals surface area contributed by atoms with Gasteiger partial charge in [0.25, 0.3) is 0 Å². The quantitative estimate of drug-likeness (QED) is 0.720. The first kappa shape index (κ1) is 10.0. The van der Waals surface area contributed by atoms with Gasteiger partial charge in [-0.25, -0.2) is 0 Å². The van der Waals surface area contributed by atoms with Gasteiger partial charge < -0.3 is 5.32 Å². The predicted octanol–water partition coefficient (Wildman–Crippen LogP) is 2.48. The van der Waals surface area contributed by atoms with Gasteiger partial charge in [-0.05, 0) is 31.6 Å². The van der Waals surface area contributed by atoms with Crippen LogP contribution >= 0.6 is 0 Å². The van der Waals surface area contributed by atoms with E-state index in [2.05, 4.69) is 12.2 Å². The van der Waals surface area contributed by atoms with E-state index in [0.29, 0.717) is 23.8 Å². The van der Waals surface area contributed by atoms with Gasteiger partial charge in [-0.2, -0.15) is 0 Å². The summed E-state index contributed by atoms with van der Waals surface area (Å²) in [5.41, 5.74) is 0. The number of carbonyl (C=O) groups is 1. The van der Waals surface area contributed by atoms with Crippen LogP contribution in [0.3, 0.4) is 0 Å². The van der Waals surface area contributed by atoms with Crippen molar-refractivity contribution in [2.24, 2.45) is 11.8 Å². The largest absolute Gasteiger partial charge is 0.353 e. The summed E-state index contributed by atoms with van der Waals surface area (Å²) in [6.07, 6.45) is 8.50. The van der Waals surface area contributed by atoms with Crippen molar-refractivity contribution in [1.82, 2.24) is 5.32 Å². The average Bonchev–Trinajstić information content (AvgIpc) is 2.77. The van der Waals surface area contributed by atoms with E-state index in [1.165, 1.54) is 32.1 Å². The molecule has 2 fully saturated rings. The Hall–Kier alpha value is -0.530. The van der Waals surface area contributed by atoms with E-state index in [0.717, 1.165) is 12.8 Å². The Morgan fingerprint density at radius 3 is 2.36 bits per heavy atom. The van der Waals surface area contributed by atoms with Crippen molar-refractivity contribution < 1.29 is 4.79 Å². The minimum atomic E-state index is 0.334. The lowest BCUT2D eigenvalue weighted by Gasteiger charge is -2.19. The summed E-state index contributed by atoms with van der Waals surface area (Å²) in [5.74, 6) is 1.37. The lowest BCUT2D eigenvalue weighted by Crippen LogP contribution is -2.39. The molecule has 0 aromatic rings.